The predicted octanol–water partition coefficient (Wildman–Crippen LogP) is 1.30. The van der Waals surface area contributed by atoms with Gasteiger partial charge in [-0.25, -0.2) is 0 Å². The van der Waals surface area contributed by atoms with Crippen LogP contribution in [0.25, 0.3) is 0 Å². The molecule has 20 heavy (non-hydrogen) atoms. The van der Waals surface area contributed by atoms with Crippen molar-refractivity contribution in [2.75, 3.05) is 13.1 Å². The van der Waals surface area contributed by atoms with Crippen molar-refractivity contribution in [3.05, 3.63) is 9.47 Å². The first-order chi connectivity index (χ1) is 9.65. The Morgan fingerprint density at radius 3 is 2.55 bits per heavy atom. The van der Waals surface area contributed by atoms with Crippen molar-refractivity contribution in [2.24, 2.45) is 0 Å². The van der Waals surface area contributed by atoms with Gasteiger partial charge in [-0.2, -0.15) is 0 Å². The highest BCUT2D eigenvalue weighted by Crippen LogP contribution is 2.26. The zero-order valence-electron chi connectivity index (χ0n) is 10.9. The minimum absolute atomic E-state index is 0.254. The van der Waals surface area contributed by atoms with Crippen molar-refractivity contribution >= 4 is 34.8 Å². The molecule has 0 atom stereocenters. The van der Waals surface area contributed by atoms with E-state index in [-0.39, 0.29) is 11.9 Å². The Morgan fingerprint density at radius 2 is 1.90 bits per heavy atom. The lowest BCUT2D eigenvalue weighted by Gasteiger charge is -2.36. The Balaban J connectivity index is 1.65. The molecule has 1 aromatic heterocycles. The Hall–Kier alpha value is -1.21. The summed E-state index contributed by atoms with van der Waals surface area (Å²) >= 11 is 6.95. The smallest absolute Gasteiger partial charge is 0.312 e. The quantitative estimate of drug-likeness (QED) is 0.789. The first-order valence-electron chi connectivity index (χ1n) is 6.73. The van der Waals surface area contributed by atoms with Gasteiger partial charge in [-0.3, -0.25) is 9.59 Å². The molecule has 0 aromatic carbocycles. The predicted molar refractivity (Wildman–Crippen MR) is 74.3 cm³/mol. The number of hydrogen-bond donors (Lipinski definition) is 0. The molecule has 1 saturated carbocycles. The van der Waals surface area contributed by atoms with Gasteiger partial charge in [-0.1, -0.05) is 24.2 Å². The van der Waals surface area contributed by atoms with Crippen LogP contribution in [0, 0.1) is 0 Å². The topological polar surface area (TPSA) is 66.4 Å². The minimum Gasteiger partial charge on any atom is -0.330 e. The fourth-order valence-electron chi connectivity index (χ4n) is 2.87. The van der Waals surface area contributed by atoms with Gasteiger partial charge < -0.3 is 9.80 Å². The second kappa shape index (κ2) is 5.65. The third kappa shape index (κ3) is 2.64. The molecule has 0 bridgehead atoms. The average molecular weight is 315 g/mol. The van der Waals surface area contributed by atoms with Crippen LogP contribution in [0.15, 0.2) is 0 Å². The van der Waals surface area contributed by atoms with Crippen LogP contribution in [0.5, 0.6) is 0 Å². The van der Waals surface area contributed by atoms with Gasteiger partial charge in [0.05, 0.1) is 6.54 Å². The summed E-state index contributed by atoms with van der Waals surface area (Å²) in [6.07, 6.45) is 4.33. The lowest BCUT2D eigenvalue weighted by Crippen LogP contribution is -2.56. The van der Waals surface area contributed by atoms with Crippen molar-refractivity contribution in [1.29, 1.82) is 0 Å². The molecule has 8 heteroatoms. The van der Waals surface area contributed by atoms with E-state index in [9.17, 15) is 9.59 Å². The van der Waals surface area contributed by atoms with E-state index in [1.165, 1.54) is 16.2 Å². The molecule has 0 spiro atoms. The van der Waals surface area contributed by atoms with Crippen LogP contribution in [-0.2, 0) is 16.1 Å². The summed E-state index contributed by atoms with van der Waals surface area (Å²) in [5.41, 5.74) is 0. The third-order valence-corrected chi connectivity index (χ3v) is 4.88. The molecule has 1 aliphatic carbocycles. The molecular weight excluding hydrogens is 300 g/mol. The zero-order chi connectivity index (χ0) is 14.1. The SMILES string of the molecule is O=C1C(=O)N(C2CCCC2)CCN1Cc1nnc(Cl)s1. The minimum atomic E-state index is -0.436. The highest BCUT2D eigenvalue weighted by molar-refractivity contribution is 7.15. The first kappa shape index (κ1) is 13.8. The molecule has 3 rings (SSSR count). The maximum absolute atomic E-state index is 12.2. The van der Waals surface area contributed by atoms with Crippen LogP contribution >= 0.6 is 22.9 Å². The third-order valence-electron chi connectivity index (χ3n) is 3.88. The second-order valence-electron chi connectivity index (χ2n) is 5.11. The van der Waals surface area contributed by atoms with Gasteiger partial charge >= 0.3 is 11.8 Å². The summed E-state index contributed by atoms with van der Waals surface area (Å²) < 4.78 is 0.350. The van der Waals surface area contributed by atoms with Gasteiger partial charge in [0.1, 0.15) is 5.01 Å². The number of piperazine rings is 1. The summed E-state index contributed by atoms with van der Waals surface area (Å²) in [6, 6.07) is 0.254. The normalized spacial score (nSPS) is 21.1. The van der Waals surface area contributed by atoms with Crippen molar-refractivity contribution in [2.45, 2.75) is 38.3 Å². The summed E-state index contributed by atoms with van der Waals surface area (Å²) in [7, 11) is 0. The fraction of sp³-hybridized carbons (Fsp3) is 0.667. The van der Waals surface area contributed by atoms with Gasteiger partial charge in [0.15, 0.2) is 0 Å². The molecule has 2 heterocycles. The molecule has 0 N–H and O–H groups in total. The Morgan fingerprint density at radius 1 is 1.15 bits per heavy atom. The molecule has 2 aliphatic rings. The molecular formula is C12H15ClN4O2S. The van der Waals surface area contributed by atoms with Crippen LogP contribution in [0.4, 0.5) is 0 Å². The number of hydrogen-bond acceptors (Lipinski definition) is 5. The highest BCUT2D eigenvalue weighted by atomic mass is 35.5. The van der Waals surface area contributed by atoms with E-state index >= 15 is 0 Å². The highest BCUT2D eigenvalue weighted by Gasteiger charge is 2.37. The summed E-state index contributed by atoms with van der Waals surface area (Å²) in [6.45, 7) is 1.48. The zero-order valence-corrected chi connectivity index (χ0v) is 12.5. The number of amides is 2. The summed E-state index contributed by atoms with van der Waals surface area (Å²) in [5.74, 6) is -0.812. The van der Waals surface area contributed by atoms with E-state index in [0.717, 1.165) is 25.7 Å². The van der Waals surface area contributed by atoms with E-state index in [0.29, 0.717) is 29.1 Å². The lowest BCUT2D eigenvalue weighted by molar-refractivity contribution is -0.158. The molecule has 2 amide bonds. The van der Waals surface area contributed by atoms with Gasteiger partial charge in [-0.05, 0) is 24.4 Å². The van der Waals surface area contributed by atoms with E-state index in [2.05, 4.69) is 10.2 Å². The number of aromatic nitrogens is 2. The van der Waals surface area contributed by atoms with Crippen molar-refractivity contribution in [1.82, 2.24) is 20.0 Å². The van der Waals surface area contributed by atoms with Gasteiger partial charge in [-0.15, -0.1) is 10.2 Å². The Kier molecular flexibility index (Phi) is 3.89. The van der Waals surface area contributed by atoms with Crippen LogP contribution in [0.1, 0.15) is 30.7 Å². The molecule has 1 saturated heterocycles. The maximum atomic E-state index is 12.2. The fourth-order valence-corrected chi connectivity index (χ4v) is 3.75. The van der Waals surface area contributed by atoms with Crippen molar-refractivity contribution < 1.29 is 9.59 Å². The van der Waals surface area contributed by atoms with E-state index < -0.39 is 5.91 Å². The lowest BCUT2D eigenvalue weighted by atomic mass is 10.1. The van der Waals surface area contributed by atoms with Crippen LogP contribution in [0.3, 0.4) is 0 Å². The Labute approximate surface area is 125 Å². The summed E-state index contributed by atoms with van der Waals surface area (Å²) in [5, 5.41) is 8.25. The van der Waals surface area contributed by atoms with E-state index in [1.807, 2.05) is 0 Å². The van der Waals surface area contributed by atoms with Gasteiger partial charge in [0.25, 0.3) is 0 Å². The van der Waals surface area contributed by atoms with Gasteiger partial charge in [0.2, 0.25) is 4.47 Å². The molecule has 6 nitrogen and oxygen atoms in total. The number of carbonyl (C=O) groups is 2. The molecule has 0 unspecified atom stereocenters. The Bertz CT molecular complexity index is 529. The van der Waals surface area contributed by atoms with Crippen molar-refractivity contribution in [3.63, 3.8) is 0 Å². The first-order valence-corrected chi connectivity index (χ1v) is 7.92. The monoisotopic (exact) mass is 314 g/mol. The number of halogens is 1. The summed E-state index contributed by atoms with van der Waals surface area (Å²) in [4.78, 5) is 27.6. The number of nitrogens with zero attached hydrogens (tertiary/aromatic N) is 4. The molecule has 1 aliphatic heterocycles. The second-order valence-corrected chi connectivity index (χ2v) is 6.76. The van der Waals surface area contributed by atoms with Crippen molar-refractivity contribution in [3.8, 4) is 0 Å². The standard InChI is InChI=1S/C12H15ClN4O2S/c13-12-15-14-9(20-12)7-16-5-6-17(11(19)10(16)18)8-3-1-2-4-8/h8H,1-7H2. The average Bonchev–Trinajstić information content (AvgIpc) is 3.07. The molecule has 2 fully saturated rings. The van der Waals surface area contributed by atoms with E-state index in [4.69, 9.17) is 11.6 Å². The van der Waals surface area contributed by atoms with E-state index in [1.54, 1.807) is 4.90 Å². The molecule has 0 radical (unpaired) electrons. The maximum Gasteiger partial charge on any atom is 0.312 e. The van der Waals surface area contributed by atoms with Crippen LogP contribution in [-0.4, -0.2) is 50.9 Å². The van der Waals surface area contributed by atoms with Crippen LogP contribution in [0.2, 0.25) is 4.47 Å². The largest absolute Gasteiger partial charge is 0.330 e. The van der Waals surface area contributed by atoms with Gasteiger partial charge in [0, 0.05) is 19.1 Å². The number of rotatable bonds is 3. The van der Waals surface area contributed by atoms with Crippen LogP contribution < -0.4 is 0 Å². The number of carbonyl (C=O) groups excluding carboxylic acids is 2. The molecule has 108 valence electrons. The molecule has 1 aromatic rings.